The third-order valence-corrected chi connectivity index (χ3v) is 3.03. The van der Waals surface area contributed by atoms with Crippen molar-refractivity contribution >= 4 is 29.8 Å². The van der Waals surface area contributed by atoms with Crippen LogP contribution in [0.5, 0.6) is 0 Å². The molecule has 0 spiro atoms. The van der Waals surface area contributed by atoms with Gasteiger partial charge < -0.3 is 9.47 Å². The minimum Gasteiger partial charge on any atom is -0.464 e. The monoisotopic (exact) mass is 376 g/mol. The zero-order valence-corrected chi connectivity index (χ0v) is 15.9. The van der Waals surface area contributed by atoms with Crippen LogP contribution in [0.2, 0.25) is 0 Å². The predicted molar refractivity (Wildman–Crippen MR) is 98.2 cm³/mol. The molecular weight excluding hydrogens is 352 g/mol. The number of aliphatic imine (C=N–C) groups is 2. The lowest BCUT2D eigenvalue weighted by Crippen LogP contribution is -2.23. The van der Waals surface area contributed by atoms with Crippen molar-refractivity contribution in [1.29, 1.82) is 0 Å². The number of benzene rings is 1. The van der Waals surface area contributed by atoms with Crippen molar-refractivity contribution in [2.24, 2.45) is 15.9 Å². The van der Waals surface area contributed by atoms with E-state index in [9.17, 15) is 19.2 Å². The molecule has 27 heavy (non-hydrogen) atoms. The highest BCUT2D eigenvalue weighted by Crippen LogP contribution is 2.18. The number of ether oxygens (including phenoxy) is 2. The minimum atomic E-state index is -0.683. The molecule has 0 aromatic heterocycles. The van der Waals surface area contributed by atoms with Gasteiger partial charge in [-0.25, -0.2) is 19.2 Å². The van der Waals surface area contributed by atoms with E-state index in [0.717, 1.165) is 0 Å². The quantitative estimate of drug-likeness (QED) is 0.391. The molecule has 1 atom stereocenters. The Morgan fingerprint density at radius 2 is 1.67 bits per heavy atom. The molecule has 8 heteroatoms. The first kappa shape index (κ1) is 23.9. The Morgan fingerprint density at radius 3 is 2.19 bits per heavy atom. The number of hydrogen-bond donors (Lipinski definition) is 0. The fourth-order valence-corrected chi connectivity index (χ4v) is 1.95. The molecule has 1 aromatic rings. The summed E-state index contributed by atoms with van der Waals surface area (Å²) in [6.45, 7) is 7.93. The van der Waals surface area contributed by atoms with E-state index in [0.29, 0.717) is 18.9 Å². The molecular formula is C19H24N2O6. The van der Waals surface area contributed by atoms with Gasteiger partial charge in [0.05, 0.1) is 24.5 Å². The topological polar surface area (TPSA) is 111 Å². The second kappa shape index (κ2) is 14.1. The molecule has 1 unspecified atom stereocenters. The van der Waals surface area contributed by atoms with Crippen molar-refractivity contribution in [2.75, 3.05) is 13.2 Å². The van der Waals surface area contributed by atoms with E-state index in [1.54, 1.807) is 38.1 Å². The Kier molecular flexibility index (Phi) is 12.5. The summed E-state index contributed by atoms with van der Waals surface area (Å²) in [6, 6.07) is 5.78. The Labute approximate surface area is 158 Å². The van der Waals surface area contributed by atoms with E-state index in [2.05, 4.69) is 9.98 Å². The zero-order chi connectivity index (χ0) is 20.7. The van der Waals surface area contributed by atoms with Gasteiger partial charge in [-0.05, 0) is 38.3 Å². The maximum Gasteiger partial charge on any atom is 0.340 e. The molecule has 0 bridgehead atoms. The molecule has 1 rings (SSSR count). The molecule has 0 aliphatic rings. The summed E-state index contributed by atoms with van der Waals surface area (Å²) in [6.07, 6.45) is 3.30. The molecule has 0 saturated heterocycles. The zero-order valence-electron chi connectivity index (χ0n) is 15.9. The lowest BCUT2D eigenvalue weighted by atomic mass is 10.0. The van der Waals surface area contributed by atoms with Crippen LogP contribution in [0.3, 0.4) is 0 Å². The van der Waals surface area contributed by atoms with Gasteiger partial charge in [-0.2, -0.15) is 9.98 Å². The Hall–Kier alpha value is -3.08. The summed E-state index contributed by atoms with van der Waals surface area (Å²) in [5.74, 6) is -0.631. The molecule has 8 nitrogen and oxygen atoms in total. The normalized spacial score (nSPS) is 10.4. The molecule has 146 valence electrons. The van der Waals surface area contributed by atoms with Crippen molar-refractivity contribution in [3.63, 3.8) is 0 Å². The van der Waals surface area contributed by atoms with E-state index >= 15 is 0 Å². The lowest BCUT2D eigenvalue weighted by molar-refractivity contribution is -0.144. The Balaban J connectivity index is 0.000000503. The molecule has 0 aliphatic heterocycles. The summed E-state index contributed by atoms with van der Waals surface area (Å²) in [5, 5.41) is 0. The average molecular weight is 376 g/mol. The highest BCUT2D eigenvalue weighted by Gasteiger charge is 2.19. The third-order valence-electron chi connectivity index (χ3n) is 3.03. The van der Waals surface area contributed by atoms with Gasteiger partial charge in [-0.3, -0.25) is 0 Å². The number of nitrogens with zero attached hydrogens (tertiary/aromatic N) is 2. The van der Waals surface area contributed by atoms with Crippen LogP contribution in [0.1, 0.15) is 44.5 Å². The van der Waals surface area contributed by atoms with E-state index in [4.69, 9.17) is 9.47 Å². The minimum absolute atomic E-state index is 0.276. The van der Waals surface area contributed by atoms with Crippen LogP contribution >= 0.6 is 0 Å². The van der Waals surface area contributed by atoms with Crippen molar-refractivity contribution in [1.82, 2.24) is 0 Å². The highest BCUT2D eigenvalue weighted by molar-refractivity contribution is 5.95. The first-order valence-corrected chi connectivity index (χ1v) is 8.48. The molecule has 0 aliphatic carbocycles. The molecule has 0 radical (unpaired) electrons. The smallest absolute Gasteiger partial charge is 0.340 e. The van der Waals surface area contributed by atoms with Crippen LogP contribution in [0.25, 0.3) is 0 Å². The van der Waals surface area contributed by atoms with Gasteiger partial charge in [0.25, 0.3) is 0 Å². The number of esters is 2. The van der Waals surface area contributed by atoms with Gasteiger partial charge in [-0.1, -0.05) is 26.0 Å². The number of para-hydroxylation sites is 1. The average Bonchev–Trinajstić information content (AvgIpc) is 2.63. The molecule has 0 fully saturated rings. The Bertz CT molecular complexity index is 704. The molecule has 0 N–H and O–H groups in total. The van der Waals surface area contributed by atoms with Gasteiger partial charge in [0.15, 0.2) is 6.04 Å². The first-order valence-electron chi connectivity index (χ1n) is 8.48. The van der Waals surface area contributed by atoms with Crippen LogP contribution < -0.4 is 0 Å². The molecule has 0 saturated carbocycles. The highest BCUT2D eigenvalue weighted by atomic mass is 16.5. The summed E-state index contributed by atoms with van der Waals surface area (Å²) < 4.78 is 9.53. The van der Waals surface area contributed by atoms with Crippen molar-refractivity contribution in [2.45, 2.75) is 40.2 Å². The van der Waals surface area contributed by atoms with Gasteiger partial charge in [0, 0.05) is 0 Å². The third kappa shape index (κ3) is 9.84. The molecule has 1 aromatic carbocycles. The summed E-state index contributed by atoms with van der Waals surface area (Å²) >= 11 is 0. The van der Waals surface area contributed by atoms with Crippen molar-refractivity contribution in [3.8, 4) is 0 Å². The number of carbonyl (C=O) groups is 2. The Morgan fingerprint density at radius 1 is 1.04 bits per heavy atom. The predicted octanol–water partition coefficient (Wildman–Crippen LogP) is 3.13. The largest absolute Gasteiger partial charge is 0.464 e. The van der Waals surface area contributed by atoms with E-state index in [1.165, 1.54) is 12.2 Å². The lowest BCUT2D eigenvalue weighted by Gasteiger charge is -2.11. The maximum absolute atomic E-state index is 11.3. The standard InChI is InChI=1S/C10H9NO3.C9H15NO3/c1-2-14-10(13)8-5-3-4-6-9(8)11-7-12;1-4-13-9(12)8(10-6-11)5-7(2)3/h3-6H,2H2,1H3;7-8H,4-5H2,1-3H3. The second-order valence-electron chi connectivity index (χ2n) is 5.56. The van der Waals surface area contributed by atoms with Gasteiger partial charge in [-0.15, -0.1) is 0 Å². The van der Waals surface area contributed by atoms with Crippen LogP contribution in [-0.2, 0) is 23.9 Å². The van der Waals surface area contributed by atoms with Gasteiger partial charge >= 0.3 is 11.9 Å². The van der Waals surface area contributed by atoms with Gasteiger partial charge in [0.1, 0.15) is 0 Å². The van der Waals surface area contributed by atoms with E-state index in [-0.39, 0.29) is 17.9 Å². The summed E-state index contributed by atoms with van der Waals surface area (Å²) in [7, 11) is 0. The molecule has 0 heterocycles. The summed E-state index contributed by atoms with van der Waals surface area (Å²) in [5.41, 5.74) is 0.554. The second-order valence-corrected chi connectivity index (χ2v) is 5.56. The van der Waals surface area contributed by atoms with Crippen LogP contribution in [-0.4, -0.2) is 43.4 Å². The SMILES string of the molecule is CCOC(=O)C(CC(C)C)N=C=O.CCOC(=O)c1ccccc1N=C=O. The number of isocyanates is 2. The van der Waals surface area contributed by atoms with Crippen LogP contribution in [0.4, 0.5) is 5.69 Å². The first-order chi connectivity index (χ1) is 12.9. The van der Waals surface area contributed by atoms with E-state index < -0.39 is 18.0 Å². The van der Waals surface area contributed by atoms with Crippen molar-refractivity contribution < 1.29 is 28.7 Å². The number of hydrogen-bond acceptors (Lipinski definition) is 8. The number of carbonyl (C=O) groups excluding carboxylic acids is 4. The summed E-state index contributed by atoms with van der Waals surface area (Å²) in [4.78, 5) is 49.4. The molecule has 0 amide bonds. The fourth-order valence-electron chi connectivity index (χ4n) is 1.95. The van der Waals surface area contributed by atoms with Crippen molar-refractivity contribution in [3.05, 3.63) is 29.8 Å². The van der Waals surface area contributed by atoms with Crippen LogP contribution in [0.15, 0.2) is 34.3 Å². The number of rotatable bonds is 8. The van der Waals surface area contributed by atoms with Gasteiger partial charge in [0.2, 0.25) is 12.2 Å². The van der Waals surface area contributed by atoms with Crippen LogP contribution in [0, 0.1) is 5.92 Å². The fraction of sp³-hybridized carbons (Fsp3) is 0.474. The maximum atomic E-state index is 11.3. The van der Waals surface area contributed by atoms with E-state index in [1.807, 2.05) is 13.8 Å².